The summed E-state index contributed by atoms with van der Waals surface area (Å²) in [6.07, 6.45) is 5.82. The first kappa shape index (κ1) is 21.0. The zero-order valence-electron chi connectivity index (χ0n) is 18.2. The van der Waals surface area contributed by atoms with E-state index < -0.39 is 5.82 Å². The fraction of sp³-hybridized carbons (Fsp3) is 0.292. The maximum Gasteiger partial charge on any atom is 0.259 e. The van der Waals surface area contributed by atoms with E-state index in [1.54, 1.807) is 29.3 Å². The second-order valence-electron chi connectivity index (χ2n) is 8.90. The molecular formula is C24H21ClFN7O. The first-order valence-corrected chi connectivity index (χ1v) is 11.5. The minimum Gasteiger partial charge on any atom is -0.355 e. The van der Waals surface area contributed by atoms with Crippen LogP contribution in [0.5, 0.6) is 0 Å². The van der Waals surface area contributed by atoms with Gasteiger partial charge in [0.1, 0.15) is 22.9 Å². The van der Waals surface area contributed by atoms with Crippen molar-refractivity contribution in [1.82, 2.24) is 29.9 Å². The van der Waals surface area contributed by atoms with Crippen molar-refractivity contribution >= 4 is 34.4 Å². The van der Waals surface area contributed by atoms with Gasteiger partial charge in [-0.15, -0.1) is 0 Å². The lowest BCUT2D eigenvalue weighted by atomic mass is 9.84. The van der Waals surface area contributed by atoms with Gasteiger partial charge in [0.2, 0.25) is 0 Å². The summed E-state index contributed by atoms with van der Waals surface area (Å²) in [5.74, 6) is 0.458. The molecule has 2 unspecified atom stereocenters. The molecule has 0 aliphatic carbocycles. The molecule has 1 amide bonds. The largest absolute Gasteiger partial charge is 0.355 e. The van der Waals surface area contributed by atoms with Gasteiger partial charge in [-0.05, 0) is 48.6 Å². The Bertz CT molecular complexity index is 1370. The summed E-state index contributed by atoms with van der Waals surface area (Å²) in [5.41, 5.74) is 1.92. The summed E-state index contributed by atoms with van der Waals surface area (Å²) in [7, 11) is 0. The number of benzene rings is 2. The number of halogens is 2. The number of piperidine rings is 2. The molecule has 2 aliphatic heterocycles. The van der Waals surface area contributed by atoms with Gasteiger partial charge >= 0.3 is 0 Å². The van der Waals surface area contributed by atoms with Crippen LogP contribution in [0.2, 0.25) is 5.02 Å². The zero-order chi connectivity index (χ0) is 23.2. The van der Waals surface area contributed by atoms with Gasteiger partial charge in [-0.1, -0.05) is 17.7 Å². The Balaban J connectivity index is 1.23. The maximum atomic E-state index is 14.8. The number of nitrogens with zero attached hydrogens (tertiary/aromatic N) is 7. The van der Waals surface area contributed by atoms with E-state index in [2.05, 4.69) is 20.1 Å². The van der Waals surface area contributed by atoms with Gasteiger partial charge in [0.25, 0.3) is 5.91 Å². The molecule has 4 aromatic rings. The number of likely N-dealkylation sites (tertiary alicyclic amines) is 1. The van der Waals surface area contributed by atoms with E-state index in [4.69, 9.17) is 16.6 Å². The molecule has 2 aliphatic rings. The molecule has 34 heavy (non-hydrogen) atoms. The Morgan fingerprint density at radius 1 is 1.00 bits per heavy atom. The molecule has 2 atom stereocenters. The average Bonchev–Trinajstić information content (AvgIpc) is 3.37. The molecule has 0 N–H and O–H groups in total. The second-order valence-corrected chi connectivity index (χ2v) is 9.33. The first-order chi connectivity index (χ1) is 16.5. The quantitative estimate of drug-likeness (QED) is 0.448. The molecular weight excluding hydrogens is 457 g/mol. The lowest BCUT2D eigenvalue weighted by Crippen LogP contribution is -2.54. The van der Waals surface area contributed by atoms with E-state index in [1.807, 2.05) is 12.1 Å². The smallest absolute Gasteiger partial charge is 0.259 e. The van der Waals surface area contributed by atoms with Crippen molar-refractivity contribution in [1.29, 1.82) is 0 Å². The van der Waals surface area contributed by atoms with E-state index in [9.17, 15) is 9.18 Å². The van der Waals surface area contributed by atoms with Crippen LogP contribution in [0.4, 0.5) is 10.2 Å². The number of carbonyl (C=O) groups excluding carboxylic acids is 1. The van der Waals surface area contributed by atoms with Crippen LogP contribution in [-0.2, 0) is 0 Å². The SMILES string of the molecule is O=C(c1c(F)cccc1-n1nccn1)N1CC2CC(C1)CN(c1cnc3cc(Cl)ccc3n1)C2. The van der Waals surface area contributed by atoms with Crippen LogP contribution in [0.25, 0.3) is 16.7 Å². The molecule has 0 spiro atoms. The monoisotopic (exact) mass is 477 g/mol. The summed E-state index contributed by atoms with van der Waals surface area (Å²) in [6.45, 7) is 2.64. The minimum absolute atomic E-state index is 0.00888. The number of anilines is 1. The number of aromatic nitrogens is 5. The lowest BCUT2D eigenvalue weighted by molar-refractivity contribution is 0.0559. The maximum absolute atomic E-state index is 14.8. The summed E-state index contributed by atoms with van der Waals surface area (Å²) >= 11 is 6.06. The normalized spacial score (nSPS) is 20.1. The second kappa shape index (κ2) is 8.32. The van der Waals surface area contributed by atoms with Crippen molar-refractivity contribution in [2.24, 2.45) is 11.8 Å². The van der Waals surface area contributed by atoms with Crippen LogP contribution in [-0.4, -0.2) is 61.9 Å². The van der Waals surface area contributed by atoms with Crippen LogP contribution in [0, 0.1) is 17.7 Å². The van der Waals surface area contributed by atoms with Crippen LogP contribution in [0.15, 0.2) is 55.0 Å². The van der Waals surface area contributed by atoms with Crippen molar-refractivity contribution in [3.05, 3.63) is 71.4 Å². The lowest BCUT2D eigenvalue weighted by Gasteiger charge is -2.46. The van der Waals surface area contributed by atoms with Crippen molar-refractivity contribution in [3.8, 4) is 5.69 Å². The number of amides is 1. The molecule has 0 radical (unpaired) electrons. The van der Waals surface area contributed by atoms with Gasteiger partial charge in [0.15, 0.2) is 0 Å². The highest BCUT2D eigenvalue weighted by molar-refractivity contribution is 6.31. The fourth-order valence-electron chi connectivity index (χ4n) is 5.15. The molecule has 2 bridgehead atoms. The molecule has 2 aromatic carbocycles. The van der Waals surface area contributed by atoms with Gasteiger partial charge in [-0.25, -0.2) is 9.37 Å². The molecule has 10 heteroatoms. The Labute approximate surface area is 200 Å². The van der Waals surface area contributed by atoms with E-state index in [1.165, 1.54) is 23.3 Å². The van der Waals surface area contributed by atoms with Crippen molar-refractivity contribution < 1.29 is 9.18 Å². The third kappa shape index (κ3) is 3.75. The summed E-state index contributed by atoms with van der Waals surface area (Å²) in [4.78, 5) is 28.1. The third-order valence-corrected chi connectivity index (χ3v) is 6.76. The molecule has 172 valence electrons. The van der Waals surface area contributed by atoms with Gasteiger partial charge in [0, 0.05) is 31.2 Å². The van der Waals surface area contributed by atoms with Crippen molar-refractivity contribution in [3.63, 3.8) is 0 Å². The van der Waals surface area contributed by atoms with Crippen molar-refractivity contribution in [2.45, 2.75) is 6.42 Å². The summed E-state index contributed by atoms with van der Waals surface area (Å²) in [5, 5.41) is 8.80. The number of hydrogen-bond donors (Lipinski definition) is 0. The molecule has 2 fully saturated rings. The molecule has 4 heterocycles. The first-order valence-electron chi connectivity index (χ1n) is 11.2. The van der Waals surface area contributed by atoms with E-state index in [-0.39, 0.29) is 23.3 Å². The fourth-order valence-corrected chi connectivity index (χ4v) is 5.32. The Morgan fingerprint density at radius 2 is 1.76 bits per heavy atom. The van der Waals surface area contributed by atoms with Crippen LogP contribution < -0.4 is 4.90 Å². The predicted octanol–water partition coefficient (Wildman–Crippen LogP) is 3.60. The van der Waals surface area contributed by atoms with Gasteiger partial charge in [0.05, 0.1) is 29.6 Å². The van der Waals surface area contributed by atoms with Gasteiger partial charge in [-0.2, -0.15) is 15.0 Å². The average molecular weight is 478 g/mol. The van der Waals surface area contributed by atoms with Crippen LogP contribution >= 0.6 is 11.6 Å². The molecule has 2 saturated heterocycles. The van der Waals surface area contributed by atoms with E-state index >= 15 is 0 Å². The zero-order valence-corrected chi connectivity index (χ0v) is 18.9. The van der Waals surface area contributed by atoms with E-state index in [0.29, 0.717) is 23.8 Å². The number of carbonyl (C=O) groups is 1. The van der Waals surface area contributed by atoms with Crippen molar-refractivity contribution in [2.75, 3.05) is 31.1 Å². The Hall–Kier alpha value is -3.59. The van der Waals surface area contributed by atoms with E-state index in [0.717, 1.165) is 36.4 Å². The number of fused-ring (bicyclic) bond motifs is 3. The number of rotatable bonds is 3. The predicted molar refractivity (Wildman–Crippen MR) is 126 cm³/mol. The van der Waals surface area contributed by atoms with Gasteiger partial charge < -0.3 is 9.80 Å². The highest BCUT2D eigenvalue weighted by atomic mass is 35.5. The Morgan fingerprint density at radius 3 is 2.53 bits per heavy atom. The number of hydrogen-bond acceptors (Lipinski definition) is 6. The molecule has 0 saturated carbocycles. The third-order valence-electron chi connectivity index (χ3n) is 6.52. The van der Waals surface area contributed by atoms with Gasteiger partial charge in [-0.3, -0.25) is 9.78 Å². The van der Waals surface area contributed by atoms with Crippen LogP contribution in [0.3, 0.4) is 0 Å². The highest BCUT2D eigenvalue weighted by Crippen LogP contribution is 2.33. The summed E-state index contributed by atoms with van der Waals surface area (Å²) < 4.78 is 14.8. The standard InChI is InChI=1S/C24H21ClFN7O/c25-17-4-5-19-20(9-17)27-10-22(30-19)31-11-15-8-16(12-31)14-32(13-15)24(34)23-18(26)2-1-3-21(23)33-28-6-7-29-33/h1-7,9-10,15-16H,8,11-14H2. The molecule has 8 nitrogen and oxygen atoms in total. The topological polar surface area (TPSA) is 80.0 Å². The summed E-state index contributed by atoms with van der Waals surface area (Å²) in [6, 6.07) is 10.0. The van der Waals surface area contributed by atoms with Crippen LogP contribution in [0.1, 0.15) is 16.8 Å². The molecule has 6 rings (SSSR count). The highest BCUT2D eigenvalue weighted by Gasteiger charge is 2.38. The Kier molecular flexibility index (Phi) is 5.13. The molecule has 2 aromatic heterocycles. The minimum atomic E-state index is -0.566.